The van der Waals surface area contributed by atoms with Gasteiger partial charge in [-0.05, 0) is 44.9 Å². The van der Waals surface area contributed by atoms with Gasteiger partial charge in [-0.15, -0.1) is 0 Å². The minimum atomic E-state index is 0.362. The minimum absolute atomic E-state index is 0.362. The minimum Gasteiger partial charge on any atom is -0.396 e. The fourth-order valence-electron chi connectivity index (χ4n) is 4.50. The van der Waals surface area contributed by atoms with Crippen LogP contribution in [-0.4, -0.2) is 35.1 Å². The smallest absolute Gasteiger partial charge is 0.0431 e. The molecule has 0 aliphatic carbocycles. The van der Waals surface area contributed by atoms with Crippen molar-refractivity contribution < 1.29 is 15.3 Å². The fourth-order valence-corrected chi connectivity index (χ4v) is 4.50. The second-order valence-corrected chi connectivity index (χ2v) is 11.4. The van der Waals surface area contributed by atoms with Crippen LogP contribution < -0.4 is 0 Å². The number of aliphatic hydroxyl groups is 3. The third kappa shape index (κ3) is 54.4. The van der Waals surface area contributed by atoms with Gasteiger partial charge in [-0.1, -0.05) is 168 Å². The summed E-state index contributed by atoms with van der Waals surface area (Å²) >= 11 is 0. The molecule has 0 fully saturated rings. The summed E-state index contributed by atoms with van der Waals surface area (Å²) in [5.41, 5.74) is 0. The van der Waals surface area contributed by atoms with Crippen molar-refractivity contribution in [3.05, 3.63) is 12.2 Å². The second-order valence-electron chi connectivity index (χ2n) is 11.4. The largest absolute Gasteiger partial charge is 0.396 e. The Labute approximate surface area is 247 Å². The highest BCUT2D eigenvalue weighted by molar-refractivity contribution is 4.81. The molecule has 0 atom stereocenters. The van der Waals surface area contributed by atoms with Gasteiger partial charge in [0.15, 0.2) is 0 Å². The van der Waals surface area contributed by atoms with E-state index in [1.807, 2.05) is 0 Å². The maximum atomic E-state index is 8.66. The molecule has 0 aromatic heterocycles. The van der Waals surface area contributed by atoms with Gasteiger partial charge in [-0.25, -0.2) is 0 Å². The highest BCUT2D eigenvalue weighted by Gasteiger charge is 1.91. The average Bonchev–Trinajstić information content (AvgIpc) is 2.95. The lowest BCUT2D eigenvalue weighted by molar-refractivity contribution is 0.282. The Bertz CT molecular complexity index is 369. The van der Waals surface area contributed by atoms with Crippen LogP contribution >= 0.6 is 0 Å². The first-order valence-electron chi connectivity index (χ1n) is 17.7. The molecular formula is C36H76O3. The Balaban J connectivity index is -0.000000549. The van der Waals surface area contributed by atoms with E-state index in [4.69, 9.17) is 15.3 Å². The topological polar surface area (TPSA) is 60.7 Å². The lowest BCUT2D eigenvalue weighted by Gasteiger charge is -1.99. The lowest BCUT2D eigenvalue weighted by Crippen LogP contribution is -1.83. The van der Waals surface area contributed by atoms with Crippen LogP contribution in [-0.2, 0) is 0 Å². The van der Waals surface area contributed by atoms with Crippen LogP contribution in [0.4, 0.5) is 0 Å². The molecule has 238 valence electrons. The fraction of sp³-hybridized carbons (Fsp3) is 0.944. The highest BCUT2D eigenvalue weighted by atomic mass is 16.3. The zero-order chi connectivity index (χ0) is 29.3. The molecule has 0 heterocycles. The molecule has 0 bridgehead atoms. The van der Waals surface area contributed by atoms with E-state index in [9.17, 15) is 0 Å². The van der Waals surface area contributed by atoms with Crippen molar-refractivity contribution >= 4 is 0 Å². The molecule has 0 radical (unpaired) electrons. The molecule has 3 nitrogen and oxygen atoms in total. The zero-order valence-electron chi connectivity index (χ0n) is 27.4. The Morgan fingerprint density at radius 3 is 0.718 bits per heavy atom. The summed E-state index contributed by atoms with van der Waals surface area (Å²) in [7, 11) is 0. The summed E-state index contributed by atoms with van der Waals surface area (Å²) in [4.78, 5) is 0. The van der Waals surface area contributed by atoms with Gasteiger partial charge in [-0.2, -0.15) is 0 Å². The Kier molecular flexibility index (Phi) is 52.4. The molecule has 3 N–H and O–H groups in total. The first-order chi connectivity index (χ1) is 19.2. The van der Waals surface area contributed by atoms with Crippen molar-refractivity contribution in [3.8, 4) is 0 Å². The van der Waals surface area contributed by atoms with E-state index in [2.05, 4.69) is 32.9 Å². The van der Waals surface area contributed by atoms with E-state index in [0.29, 0.717) is 19.8 Å². The maximum absolute atomic E-state index is 8.66. The number of allylic oxidation sites excluding steroid dienone is 2. The Morgan fingerprint density at radius 2 is 0.487 bits per heavy atom. The van der Waals surface area contributed by atoms with Crippen LogP contribution in [0.1, 0.15) is 201 Å². The number of rotatable bonds is 29. The van der Waals surface area contributed by atoms with Gasteiger partial charge in [0.05, 0.1) is 0 Å². The molecule has 0 unspecified atom stereocenters. The van der Waals surface area contributed by atoms with Crippen molar-refractivity contribution in [1.82, 2.24) is 0 Å². The molecule has 0 aliphatic heterocycles. The summed E-state index contributed by atoms with van der Waals surface area (Å²) in [6.45, 7) is 7.83. The first-order valence-corrected chi connectivity index (χ1v) is 17.7. The van der Waals surface area contributed by atoms with E-state index >= 15 is 0 Å². The monoisotopic (exact) mass is 557 g/mol. The standard InChI is InChI=1S/C18H36O.C10H22O.C8H18O/c1-2-3-4-5-6-7-8-9-10-11-12-13-14-15-16-17-18-19;1-2-3-4-5-6-7-8-9-10-11;1-2-3-4-5-6-7-8-9/h9-10,19H,2-8,11-18H2,1H3;11H,2-10H2,1H3;9H,2-8H2,1H3/b10-9-;;. The van der Waals surface area contributed by atoms with Crippen molar-refractivity contribution in [3.63, 3.8) is 0 Å². The van der Waals surface area contributed by atoms with Gasteiger partial charge in [0.1, 0.15) is 0 Å². The number of unbranched alkanes of at least 4 members (excludes halogenated alkanes) is 24. The predicted octanol–water partition coefficient (Wildman–Crippen LogP) is 11.5. The molecule has 0 amide bonds. The third-order valence-electron chi connectivity index (χ3n) is 7.19. The SMILES string of the molecule is CCCCCCCC/C=C\CCCCCCCCO.CCCCCCCCCCO.CCCCCCCCO. The Morgan fingerprint density at radius 1 is 0.282 bits per heavy atom. The number of hydrogen-bond donors (Lipinski definition) is 3. The van der Waals surface area contributed by atoms with Crippen LogP contribution in [0.2, 0.25) is 0 Å². The molecule has 39 heavy (non-hydrogen) atoms. The molecule has 0 spiro atoms. The van der Waals surface area contributed by atoms with Crippen molar-refractivity contribution in [2.75, 3.05) is 19.8 Å². The predicted molar refractivity (Wildman–Crippen MR) is 177 cm³/mol. The van der Waals surface area contributed by atoms with Crippen LogP contribution in [0, 0.1) is 0 Å². The summed E-state index contributed by atoms with van der Waals surface area (Å²) in [5.74, 6) is 0. The van der Waals surface area contributed by atoms with Crippen LogP contribution in [0.25, 0.3) is 0 Å². The van der Waals surface area contributed by atoms with Gasteiger partial charge in [0, 0.05) is 19.8 Å². The van der Waals surface area contributed by atoms with Gasteiger partial charge >= 0.3 is 0 Å². The van der Waals surface area contributed by atoms with Gasteiger partial charge in [0.25, 0.3) is 0 Å². The van der Waals surface area contributed by atoms with Crippen molar-refractivity contribution in [2.24, 2.45) is 0 Å². The van der Waals surface area contributed by atoms with E-state index in [1.165, 1.54) is 161 Å². The molecule has 0 rings (SSSR count). The van der Waals surface area contributed by atoms with E-state index < -0.39 is 0 Å². The van der Waals surface area contributed by atoms with E-state index in [0.717, 1.165) is 19.3 Å². The molecule has 0 saturated heterocycles. The summed E-state index contributed by atoms with van der Waals surface area (Å²) in [6.07, 6.45) is 41.1. The van der Waals surface area contributed by atoms with Crippen LogP contribution in [0.5, 0.6) is 0 Å². The molecule has 0 aromatic rings. The van der Waals surface area contributed by atoms with E-state index in [-0.39, 0.29) is 0 Å². The number of aliphatic hydroxyl groups excluding tert-OH is 3. The Hall–Kier alpha value is -0.380. The van der Waals surface area contributed by atoms with E-state index in [1.54, 1.807) is 0 Å². The molecule has 0 aliphatic rings. The molecule has 0 saturated carbocycles. The normalized spacial score (nSPS) is 10.8. The molecule has 0 aromatic carbocycles. The van der Waals surface area contributed by atoms with Crippen LogP contribution in [0.3, 0.4) is 0 Å². The number of hydrogen-bond acceptors (Lipinski definition) is 3. The maximum Gasteiger partial charge on any atom is 0.0431 e. The highest BCUT2D eigenvalue weighted by Crippen LogP contribution is 2.10. The average molecular weight is 557 g/mol. The third-order valence-corrected chi connectivity index (χ3v) is 7.19. The van der Waals surface area contributed by atoms with Gasteiger partial charge in [0.2, 0.25) is 0 Å². The second kappa shape index (κ2) is 47.4. The van der Waals surface area contributed by atoms with Crippen molar-refractivity contribution in [1.29, 1.82) is 0 Å². The first kappa shape index (κ1) is 43.1. The van der Waals surface area contributed by atoms with Gasteiger partial charge in [-0.3, -0.25) is 0 Å². The lowest BCUT2D eigenvalue weighted by atomic mass is 10.1. The summed E-state index contributed by atoms with van der Waals surface area (Å²) in [5, 5.41) is 25.6. The van der Waals surface area contributed by atoms with Crippen molar-refractivity contribution in [2.45, 2.75) is 201 Å². The summed E-state index contributed by atoms with van der Waals surface area (Å²) < 4.78 is 0. The quantitative estimate of drug-likeness (QED) is 0.0634. The summed E-state index contributed by atoms with van der Waals surface area (Å²) in [6, 6.07) is 0. The van der Waals surface area contributed by atoms with Crippen LogP contribution in [0.15, 0.2) is 12.2 Å². The van der Waals surface area contributed by atoms with Gasteiger partial charge < -0.3 is 15.3 Å². The zero-order valence-corrected chi connectivity index (χ0v) is 27.4. The molecular weight excluding hydrogens is 480 g/mol. The molecule has 3 heteroatoms.